The van der Waals surface area contributed by atoms with Crippen molar-refractivity contribution >= 4 is 35.0 Å². The fraction of sp³-hybridized carbons (Fsp3) is 0.353. The summed E-state index contributed by atoms with van der Waals surface area (Å²) in [7, 11) is 0. The zero-order chi connectivity index (χ0) is 18.8. The van der Waals surface area contributed by atoms with E-state index in [4.69, 9.17) is 38.3 Å². The molecule has 27 heavy (non-hydrogen) atoms. The van der Waals surface area contributed by atoms with Gasteiger partial charge in [-0.05, 0) is 31.4 Å². The van der Waals surface area contributed by atoms with Crippen molar-refractivity contribution < 1.29 is 9.26 Å². The van der Waals surface area contributed by atoms with Crippen LogP contribution >= 0.6 is 35.0 Å². The van der Waals surface area contributed by atoms with Crippen molar-refractivity contribution in [3.63, 3.8) is 0 Å². The molecule has 1 aromatic carbocycles. The number of aryl methyl sites for hydroxylation is 1. The monoisotopic (exact) mass is 425 g/mol. The van der Waals surface area contributed by atoms with Gasteiger partial charge in [0.15, 0.2) is 11.6 Å². The highest BCUT2D eigenvalue weighted by atomic mass is 35.5. The molecule has 0 fully saturated rings. The molecule has 0 atom stereocenters. The molecule has 0 unspecified atom stereocenters. The molecule has 1 aliphatic rings. The summed E-state index contributed by atoms with van der Waals surface area (Å²) in [5, 5.41) is 13.8. The lowest BCUT2D eigenvalue weighted by Gasteiger charge is -2.10. The lowest BCUT2D eigenvalue weighted by atomic mass is 9.97. The minimum absolute atomic E-state index is 0.104. The average Bonchev–Trinajstić information content (AvgIpc) is 3.23. The van der Waals surface area contributed by atoms with Gasteiger partial charge in [-0.1, -0.05) is 46.2 Å². The van der Waals surface area contributed by atoms with Crippen LogP contribution in [0, 0.1) is 0 Å². The van der Waals surface area contributed by atoms with Gasteiger partial charge in [0, 0.05) is 17.7 Å². The van der Waals surface area contributed by atoms with Crippen molar-refractivity contribution in [3.05, 3.63) is 51.1 Å². The summed E-state index contributed by atoms with van der Waals surface area (Å²) >= 11 is 13.7. The van der Waals surface area contributed by atoms with E-state index in [-0.39, 0.29) is 6.61 Å². The number of para-hydroxylation sites is 1. The maximum Gasteiger partial charge on any atom is 0.210 e. The van der Waals surface area contributed by atoms with Crippen LogP contribution in [0.5, 0.6) is 5.75 Å². The van der Waals surface area contributed by atoms with Crippen LogP contribution in [-0.2, 0) is 25.2 Å². The maximum atomic E-state index is 6.10. The van der Waals surface area contributed by atoms with Crippen molar-refractivity contribution in [1.82, 2.24) is 20.0 Å². The molecule has 4 rings (SSSR count). The van der Waals surface area contributed by atoms with E-state index in [0.29, 0.717) is 32.5 Å². The van der Waals surface area contributed by atoms with Gasteiger partial charge in [-0.15, -0.1) is 10.2 Å². The number of nitrogens with two attached hydrogens (primary N) is 1. The number of rotatable bonds is 6. The molecule has 10 heteroatoms. The highest BCUT2D eigenvalue weighted by Crippen LogP contribution is 2.33. The number of nitrogen functional groups attached to an aromatic ring is 1. The molecule has 0 bridgehead atoms. The average molecular weight is 426 g/mol. The van der Waals surface area contributed by atoms with E-state index < -0.39 is 0 Å². The molecule has 7 nitrogen and oxygen atoms in total. The van der Waals surface area contributed by atoms with Crippen LogP contribution in [0.15, 0.2) is 27.9 Å². The number of halogens is 2. The first-order chi connectivity index (χ1) is 13.1. The molecule has 0 saturated heterocycles. The first-order valence-electron chi connectivity index (χ1n) is 8.48. The van der Waals surface area contributed by atoms with Gasteiger partial charge in [-0.2, -0.15) is 0 Å². The summed E-state index contributed by atoms with van der Waals surface area (Å²) in [5.74, 6) is 8.61. The summed E-state index contributed by atoms with van der Waals surface area (Å²) in [6, 6.07) is 5.16. The van der Waals surface area contributed by atoms with Crippen molar-refractivity contribution in [2.75, 3.05) is 5.84 Å². The predicted octanol–water partition coefficient (Wildman–Crippen LogP) is 4.04. The molecule has 0 amide bonds. The summed E-state index contributed by atoms with van der Waals surface area (Å²) in [6.07, 6.45) is 4.31. The molecular formula is C17H17Cl2N5O2S. The Morgan fingerprint density at radius 3 is 2.78 bits per heavy atom. The number of fused-ring (bicyclic) bond motifs is 1. The maximum absolute atomic E-state index is 6.10. The van der Waals surface area contributed by atoms with Gasteiger partial charge >= 0.3 is 0 Å². The molecule has 2 heterocycles. The Balaban J connectivity index is 1.41. The molecule has 0 aliphatic heterocycles. The van der Waals surface area contributed by atoms with Crippen molar-refractivity contribution in [2.24, 2.45) is 0 Å². The highest BCUT2D eigenvalue weighted by Gasteiger charge is 2.20. The first-order valence-corrected chi connectivity index (χ1v) is 10.2. The largest absolute Gasteiger partial charge is 0.482 e. The lowest BCUT2D eigenvalue weighted by molar-refractivity contribution is 0.292. The second kappa shape index (κ2) is 8.00. The number of nitrogens with zero attached hydrogens (tertiary/aromatic N) is 4. The van der Waals surface area contributed by atoms with Crippen LogP contribution in [0.3, 0.4) is 0 Å². The number of ether oxygens (including phenoxy) is 1. The van der Waals surface area contributed by atoms with E-state index in [0.717, 1.165) is 30.7 Å². The summed E-state index contributed by atoms with van der Waals surface area (Å²) in [4.78, 5) is 0. The molecule has 3 aromatic rings. The quantitative estimate of drug-likeness (QED) is 0.470. The highest BCUT2D eigenvalue weighted by molar-refractivity contribution is 7.98. The van der Waals surface area contributed by atoms with E-state index in [1.54, 1.807) is 18.2 Å². The Morgan fingerprint density at radius 2 is 1.96 bits per heavy atom. The van der Waals surface area contributed by atoms with Gasteiger partial charge < -0.3 is 15.1 Å². The van der Waals surface area contributed by atoms with Gasteiger partial charge in [0.25, 0.3) is 0 Å². The number of benzene rings is 1. The molecule has 142 valence electrons. The minimum atomic E-state index is 0.104. The smallest absolute Gasteiger partial charge is 0.210 e. The molecule has 2 aromatic heterocycles. The molecular weight excluding hydrogens is 409 g/mol. The van der Waals surface area contributed by atoms with E-state index >= 15 is 0 Å². The molecule has 0 spiro atoms. The summed E-state index contributed by atoms with van der Waals surface area (Å²) in [5.41, 5.74) is 2.19. The number of thioether (sulfide) groups is 1. The van der Waals surface area contributed by atoms with Gasteiger partial charge in [0.2, 0.25) is 5.16 Å². The first kappa shape index (κ1) is 18.5. The zero-order valence-corrected chi connectivity index (χ0v) is 16.6. The van der Waals surface area contributed by atoms with E-state index in [1.807, 2.05) is 0 Å². The third kappa shape index (κ3) is 3.88. The van der Waals surface area contributed by atoms with Gasteiger partial charge in [0.05, 0.1) is 15.7 Å². The van der Waals surface area contributed by atoms with Gasteiger partial charge in [-0.3, -0.25) is 0 Å². The van der Waals surface area contributed by atoms with E-state index in [1.165, 1.54) is 28.4 Å². The van der Waals surface area contributed by atoms with Gasteiger partial charge in [-0.25, -0.2) is 4.68 Å². The Hall–Kier alpha value is -1.90. The normalized spacial score (nSPS) is 13.6. The zero-order valence-electron chi connectivity index (χ0n) is 14.3. The van der Waals surface area contributed by atoms with Crippen LogP contribution in [0.1, 0.15) is 35.7 Å². The molecule has 1 aliphatic carbocycles. The topological polar surface area (TPSA) is 92.0 Å². The van der Waals surface area contributed by atoms with Crippen molar-refractivity contribution in [1.29, 1.82) is 0 Å². The third-order valence-corrected chi connectivity index (χ3v) is 5.92. The summed E-state index contributed by atoms with van der Waals surface area (Å²) in [6.45, 7) is 0.104. The fourth-order valence-corrected chi connectivity index (χ4v) is 4.30. The second-order valence-electron chi connectivity index (χ2n) is 6.14. The third-order valence-electron chi connectivity index (χ3n) is 4.37. The van der Waals surface area contributed by atoms with Crippen molar-refractivity contribution in [2.45, 2.75) is 43.2 Å². The van der Waals surface area contributed by atoms with Gasteiger partial charge in [0.1, 0.15) is 12.4 Å². The summed E-state index contributed by atoms with van der Waals surface area (Å²) < 4.78 is 12.5. The Labute approximate surface area is 170 Å². The van der Waals surface area contributed by atoms with Crippen LogP contribution < -0.4 is 10.6 Å². The second-order valence-corrected chi connectivity index (χ2v) is 7.89. The minimum Gasteiger partial charge on any atom is -0.482 e. The van der Waals surface area contributed by atoms with Crippen LogP contribution in [0.25, 0.3) is 0 Å². The Morgan fingerprint density at radius 1 is 1.19 bits per heavy atom. The van der Waals surface area contributed by atoms with Crippen LogP contribution in [-0.4, -0.2) is 20.0 Å². The van der Waals surface area contributed by atoms with E-state index in [9.17, 15) is 0 Å². The fourth-order valence-electron chi connectivity index (χ4n) is 2.96. The number of hydrogen-bond acceptors (Lipinski definition) is 7. The molecule has 2 N–H and O–H groups in total. The predicted molar refractivity (Wildman–Crippen MR) is 104 cm³/mol. The lowest BCUT2D eigenvalue weighted by Crippen LogP contribution is -2.16. The number of aromatic nitrogens is 4. The molecule has 0 saturated carbocycles. The SMILES string of the molecule is Nn1c(COc2c(Cl)cccc2Cl)nnc1SCc1noc2c1CCCC2. The standard InChI is InChI=1S/C17H17Cl2N5O2S/c18-11-5-3-6-12(19)16(11)25-8-15-21-22-17(24(15)20)27-9-13-10-4-1-2-7-14(10)26-23-13/h3,5-6H,1-2,4,7-9,20H2. The Bertz CT molecular complexity index is 939. The Kier molecular flexibility index (Phi) is 5.47. The number of hydrogen-bond donors (Lipinski definition) is 1. The van der Waals surface area contributed by atoms with Crippen LogP contribution in [0.4, 0.5) is 0 Å². The van der Waals surface area contributed by atoms with Crippen LogP contribution in [0.2, 0.25) is 10.0 Å². The molecule has 0 radical (unpaired) electrons. The van der Waals surface area contributed by atoms with Crippen molar-refractivity contribution in [3.8, 4) is 5.75 Å². The van der Waals surface area contributed by atoms with E-state index in [2.05, 4.69) is 15.4 Å².